The van der Waals surface area contributed by atoms with Crippen LogP contribution in [0.25, 0.3) is 0 Å². The predicted molar refractivity (Wildman–Crippen MR) is 102 cm³/mol. The van der Waals surface area contributed by atoms with Gasteiger partial charge in [-0.1, -0.05) is 25.7 Å². The van der Waals surface area contributed by atoms with Gasteiger partial charge in [0, 0.05) is 0 Å². The van der Waals surface area contributed by atoms with Gasteiger partial charge in [0.15, 0.2) is 5.78 Å². The zero-order chi connectivity index (χ0) is 19.7. The minimum atomic E-state index is -1.55. The highest BCUT2D eigenvalue weighted by atomic mass is 28.3. The third kappa shape index (κ3) is 5.07. The van der Waals surface area contributed by atoms with Crippen molar-refractivity contribution in [2.24, 2.45) is 0 Å². The van der Waals surface area contributed by atoms with E-state index in [-0.39, 0.29) is 11.7 Å². The van der Waals surface area contributed by atoms with Gasteiger partial charge < -0.3 is 20.4 Å². The minimum absolute atomic E-state index is 0.282. The second kappa shape index (κ2) is 7.11. The topological polar surface area (TPSA) is 100 Å². The zero-order valence-corrected chi connectivity index (χ0v) is 17.1. The molecular formula is C18H27N3O4Si. The molecule has 7 nitrogen and oxygen atoms in total. The summed E-state index contributed by atoms with van der Waals surface area (Å²) in [4.78, 5) is 39.6. The first-order valence-electron chi connectivity index (χ1n) is 8.59. The molecule has 2 atom stereocenters. The Balaban J connectivity index is 2.04. The van der Waals surface area contributed by atoms with E-state index in [4.69, 9.17) is 4.74 Å². The molecule has 0 spiro atoms. The molecular weight excluding hydrogens is 350 g/mol. The molecule has 0 saturated carbocycles. The predicted octanol–water partition coefficient (Wildman–Crippen LogP) is 1.69. The van der Waals surface area contributed by atoms with Gasteiger partial charge in [0.2, 0.25) is 0 Å². The Bertz CT molecular complexity index is 740. The van der Waals surface area contributed by atoms with Crippen molar-refractivity contribution in [3.8, 4) is 0 Å². The van der Waals surface area contributed by atoms with Crippen molar-refractivity contribution in [2.45, 2.75) is 58.1 Å². The van der Waals surface area contributed by atoms with E-state index in [0.29, 0.717) is 5.69 Å². The van der Waals surface area contributed by atoms with E-state index in [0.717, 1.165) is 5.32 Å². The number of carbonyl (C=O) groups excluding carboxylic acids is 3. The maximum Gasteiger partial charge on any atom is 0.408 e. The van der Waals surface area contributed by atoms with Crippen molar-refractivity contribution in [3.05, 3.63) is 30.0 Å². The average molecular weight is 378 g/mol. The van der Waals surface area contributed by atoms with E-state index >= 15 is 0 Å². The number of nitrogens with one attached hydrogen (secondary N) is 3. The van der Waals surface area contributed by atoms with E-state index < -0.39 is 31.9 Å². The molecule has 0 radical (unpaired) electrons. The molecule has 0 fully saturated rings. The molecule has 0 saturated heterocycles. The van der Waals surface area contributed by atoms with Gasteiger partial charge in [0.05, 0.1) is 14.1 Å². The summed E-state index contributed by atoms with van der Waals surface area (Å²) in [7, 11) is -1.55. The summed E-state index contributed by atoms with van der Waals surface area (Å²) in [6, 6.07) is 2.16. The molecule has 0 bridgehead atoms. The van der Waals surface area contributed by atoms with Crippen LogP contribution in [0.1, 0.15) is 31.3 Å². The van der Waals surface area contributed by atoms with Crippen molar-refractivity contribution in [2.75, 3.05) is 0 Å². The van der Waals surface area contributed by atoms with Crippen molar-refractivity contribution in [1.82, 2.24) is 15.6 Å². The van der Waals surface area contributed by atoms with Crippen molar-refractivity contribution >= 4 is 31.2 Å². The third-order valence-electron chi connectivity index (χ3n) is 3.84. The monoisotopic (exact) mass is 377 g/mol. The molecule has 142 valence electrons. The largest absolute Gasteiger partial charge is 0.444 e. The number of amides is 2. The summed E-state index contributed by atoms with van der Waals surface area (Å²) in [5.41, 5.74) is -0.235. The lowest BCUT2D eigenvalue weighted by atomic mass is 10.1. The molecule has 1 aliphatic rings. The number of carbonyl (C=O) groups is 3. The van der Waals surface area contributed by atoms with Gasteiger partial charge >= 0.3 is 6.09 Å². The Hall–Kier alpha value is -2.35. The molecule has 1 heterocycles. The number of aromatic amines is 1. The van der Waals surface area contributed by atoms with Crippen LogP contribution >= 0.6 is 0 Å². The van der Waals surface area contributed by atoms with Gasteiger partial charge in [0.1, 0.15) is 17.3 Å². The number of ketones is 1. The second-order valence-electron chi connectivity index (χ2n) is 8.42. The van der Waals surface area contributed by atoms with Crippen molar-refractivity contribution in [1.29, 1.82) is 0 Å². The van der Waals surface area contributed by atoms with E-state index in [9.17, 15) is 14.4 Å². The van der Waals surface area contributed by atoms with Crippen LogP contribution in [0.2, 0.25) is 19.6 Å². The fraction of sp³-hybridized carbons (Fsp3) is 0.500. The summed E-state index contributed by atoms with van der Waals surface area (Å²) >= 11 is 0. The molecule has 2 rings (SSSR count). The molecule has 2 amide bonds. The fourth-order valence-electron chi connectivity index (χ4n) is 2.51. The van der Waals surface area contributed by atoms with Crippen LogP contribution in [-0.2, 0) is 9.53 Å². The number of hydrogen-bond acceptors (Lipinski definition) is 4. The lowest BCUT2D eigenvalue weighted by molar-refractivity contribution is -0.116. The van der Waals surface area contributed by atoms with Gasteiger partial charge in [-0.2, -0.15) is 0 Å². The van der Waals surface area contributed by atoms with Gasteiger partial charge in [-0.15, -0.1) is 0 Å². The number of rotatable bonds is 4. The SMILES string of the molecule is CC(C)(C)OC(=O)N[C@@H]1C(=O)C=C[C@H]1NC(=O)c1ccc([Si](C)(C)C)[nH]1. The Morgan fingerprint density at radius 3 is 2.35 bits per heavy atom. The Kier molecular flexibility index (Phi) is 5.46. The van der Waals surface area contributed by atoms with Gasteiger partial charge in [0.25, 0.3) is 5.91 Å². The summed E-state index contributed by atoms with van der Waals surface area (Å²) in [6.45, 7) is 11.8. The third-order valence-corrected chi connectivity index (χ3v) is 5.75. The van der Waals surface area contributed by atoms with E-state index in [1.54, 1.807) is 32.9 Å². The lowest BCUT2D eigenvalue weighted by Crippen LogP contribution is -2.52. The molecule has 0 aromatic carbocycles. The molecule has 26 heavy (non-hydrogen) atoms. The van der Waals surface area contributed by atoms with Crippen LogP contribution in [0.15, 0.2) is 24.3 Å². The van der Waals surface area contributed by atoms with Gasteiger partial charge in [-0.25, -0.2) is 4.79 Å². The summed E-state index contributed by atoms with van der Waals surface area (Å²) in [5.74, 6) is -0.606. The van der Waals surface area contributed by atoms with Crippen molar-refractivity contribution < 1.29 is 19.1 Å². The minimum Gasteiger partial charge on any atom is -0.444 e. The van der Waals surface area contributed by atoms with Crippen molar-refractivity contribution in [3.63, 3.8) is 0 Å². The normalized spacial score (nSPS) is 20.2. The summed E-state index contributed by atoms with van der Waals surface area (Å²) < 4.78 is 5.18. The first-order valence-corrected chi connectivity index (χ1v) is 12.1. The Labute approximate surface area is 154 Å². The van der Waals surface area contributed by atoms with Crippen LogP contribution in [-0.4, -0.2) is 48.5 Å². The number of H-pyrrole nitrogens is 1. The molecule has 8 heteroatoms. The quantitative estimate of drug-likeness (QED) is 0.695. The maximum absolute atomic E-state index is 12.5. The highest BCUT2D eigenvalue weighted by Crippen LogP contribution is 2.12. The van der Waals surface area contributed by atoms with Gasteiger partial charge in [-0.3, -0.25) is 9.59 Å². The van der Waals surface area contributed by atoms with Crippen LogP contribution in [0.4, 0.5) is 4.79 Å². The lowest BCUT2D eigenvalue weighted by Gasteiger charge is -2.24. The van der Waals surface area contributed by atoms with Crippen LogP contribution in [0, 0.1) is 0 Å². The van der Waals surface area contributed by atoms with E-state index in [1.165, 1.54) is 6.08 Å². The van der Waals surface area contributed by atoms with Gasteiger partial charge in [-0.05, 0) is 44.3 Å². The van der Waals surface area contributed by atoms with Crippen LogP contribution in [0.3, 0.4) is 0 Å². The van der Waals surface area contributed by atoms with E-state index in [1.807, 2.05) is 6.07 Å². The number of hydrogen-bond donors (Lipinski definition) is 3. The first kappa shape index (κ1) is 20.0. The van der Waals surface area contributed by atoms with E-state index in [2.05, 4.69) is 35.3 Å². The zero-order valence-electron chi connectivity index (χ0n) is 16.1. The molecule has 3 N–H and O–H groups in total. The molecule has 0 aliphatic heterocycles. The van der Waals surface area contributed by atoms with Crippen LogP contribution in [0.5, 0.6) is 0 Å². The maximum atomic E-state index is 12.5. The molecule has 1 aromatic heterocycles. The molecule has 0 unspecified atom stereocenters. The number of ether oxygens (including phenoxy) is 1. The smallest absolute Gasteiger partial charge is 0.408 e. The number of aromatic nitrogens is 1. The fourth-order valence-corrected chi connectivity index (χ4v) is 3.60. The first-order chi connectivity index (χ1) is 11.9. The summed E-state index contributed by atoms with van der Waals surface area (Å²) in [5, 5.41) is 6.38. The Morgan fingerprint density at radius 2 is 1.81 bits per heavy atom. The standard InChI is InChI=1S/C18H27N3O4Si/c1-18(2,3)25-17(24)21-15-11(7-9-13(15)22)20-16(23)12-8-10-14(19-12)26(4,5)6/h7-11,15,19H,1-6H3,(H,20,23)(H,21,24)/t11-,15+/m1/s1. The highest BCUT2D eigenvalue weighted by molar-refractivity contribution is 6.88. The number of alkyl carbamates (subject to hydrolysis) is 1. The highest BCUT2D eigenvalue weighted by Gasteiger charge is 2.34. The molecule has 1 aliphatic carbocycles. The summed E-state index contributed by atoms with van der Waals surface area (Å²) in [6.07, 6.45) is 2.24. The average Bonchev–Trinajstić information content (AvgIpc) is 3.07. The Morgan fingerprint density at radius 1 is 1.15 bits per heavy atom. The molecule has 1 aromatic rings. The second-order valence-corrected chi connectivity index (χ2v) is 13.5. The van der Waals surface area contributed by atoms with Crippen LogP contribution < -0.4 is 16.0 Å².